The Morgan fingerprint density at radius 3 is 2.20 bits per heavy atom. The first-order chi connectivity index (χ1) is 16.8. The van der Waals surface area contributed by atoms with Gasteiger partial charge < -0.3 is 18.9 Å². The van der Waals surface area contributed by atoms with Crippen molar-refractivity contribution >= 4 is 22.7 Å². The van der Waals surface area contributed by atoms with E-state index in [0.29, 0.717) is 34.4 Å². The quantitative estimate of drug-likeness (QED) is 0.327. The van der Waals surface area contributed by atoms with Crippen LogP contribution in [0.2, 0.25) is 0 Å². The highest BCUT2D eigenvalue weighted by atomic mass is 16.6. The molecular weight excluding hydrogens is 444 g/mol. The van der Waals surface area contributed by atoms with Gasteiger partial charge in [-0.1, -0.05) is 39.0 Å². The molecule has 0 unspecified atom stereocenters. The van der Waals surface area contributed by atoms with E-state index in [9.17, 15) is 4.79 Å². The lowest BCUT2D eigenvalue weighted by atomic mass is 9.86. The van der Waals surface area contributed by atoms with Gasteiger partial charge in [0.25, 0.3) is 0 Å². The summed E-state index contributed by atoms with van der Waals surface area (Å²) in [4.78, 5) is 16.9. The van der Waals surface area contributed by atoms with Crippen LogP contribution in [-0.2, 0) is 5.41 Å². The van der Waals surface area contributed by atoms with Crippen molar-refractivity contribution < 1.29 is 23.7 Å². The van der Waals surface area contributed by atoms with Gasteiger partial charge in [0.2, 0.25) is 0 Å². The van der Waals surface area contributed by atoms with Gasteiger partial charge in [0.15, 0.2) is 11.5 Å². The first-order valence-corrected chi connectivity index (χ1v) is 11.2. The number of carbonyl (C=O) groups is 1. The van der Waals surface area contributed by atoms with Crippen LogP contribution in [0.1, 0.15) is 26.3 Å². The Kier molecular flexibility index (Phi) is 6.78. The minimum absolute atomic E-state index is 0.151. The summed E-state index contributed by atoms with van der Waals surface area (Å²) in [5, 5.41) is 3.55. The molecule has 0 bridgehead atoms. The predicted molar refractivity (Wildman–Crippen MR) is 136 cm³/mol. The number of pyridine rings is 1. The summed E-state index contributed by atoms with van der Waals surface area (Å²) in [6.45, 7) is 6.22. The molecule has 0 radical (unpaired) electrons. The number of nitrogens with zero attached hydrogens (tertiary/aromatic N) is 1. The van der Waals surface area contributed by atoms with Crippen molar-refractivity contribution in [2.24, 2.45) is 0 Å². The Bertz CT molecular complexity index is 1340. The minimum Gasteiger partial charge on any atom is -0.493 e. The van der Waals surface area contributed by atoms with Crippen LogP contribution in [0.25, 0.3) is 10.9 Å². The number of hydrogen-bond donors (Lipinski definition) is 1. The number of anilines is 1. The fourth-order valence-electron chi connectivity index (χ4n) is 3.69. The average molecular weight is 473 g/mol. The topological polar surface area (TPSA) is 78.9 Å². The summed E-state index contributed by atoms with van der Waals surface area (Å²) in [6.07, 6.45) is 1.11. The molecule has 1 heterocycles. The zero-order valence-corrected chi connectivity index (χ0v) is 20.4. The third-order valence-corrected chi connectivity index (χ3v) is 5.43. The standard InChI is InChI=1S/C28H28N2O5/c1-28(2,3)21-8-6-7-9-24(21)35-27(31)30-18-10-12-19(13-11-18)34-23-14-15-29-22-17-26(33-5)25(32-4)16-20(22)23/h6-17H,1-5H3,(H,30,31). The molecule has 1 aromatic heterocycles. The molecule has 0 saturated heterocycles. The zero-order chi connectivity index (χ0) is 25.0. The summed E-state index contributed by atoms with van der Waals surface area (Å²) in [5.74, 6) is 2.94. The Labute approximate surface area is 204 Å². The fourth-order valence-corrected chi connectivity index (χ4v) is 3.69. The van der Waals surface area contributed by atoms with E-state index < -0.39 is 6.09 Å². The molecule has 7 nitrogen and oxygen atoms in total. The molecular formula is C28H28N2O5. The van der Waals surface area contributed by atoms with Gasteiger partial charge in [-0.05, 0) is 47.9 Å². The predicted octanol–water partition coefficient (Wildman–Crippen LogP) is 6.95. The molecule has 0 saturated carbocycles. The van der Waals surface area contributed by atoms with Crippen LogP contribution in [0.4, 0.5) is 10.5 Å². The Balaban J connectivity index is 1.48. The third-order valence-electron chi connectivity index (χ3n) is 5.43. The molecule has 0 aliphatic heterocycles. The molecule has 4 aromatic rings. The Morgan fingerprint density at radius 1 is 0.829 bits per heavy atom. The summed E-state index contributed by atoms with van der Waals surface area (Å²) in [6, 6.07) is 20.0. The van der Waals surface area contributed by atoms with Crippen LogP contribution in [0, 0.1) is 0 Å². The van der Waals surface area contributed by atoms with Crippen molar-refractivity contribution in [2.75, 3.05) is 19.5 Å². The van der Waals surface area contributed by atoms with Crippen molar-refractivity contribution in [3.05, 3.63) is 78.5 Å². The van der Waals surface area contributed by atoms with E-state index in [0.717, 1.165) is 16.5 Å². The summed E-state index contributed by atoms with van der Waals surface area (Å²) < 4.78 is 22.4. The van der Waals surface area contributed by atoms with Crippen molar-refractivity contribution in [1.82, 2.24) is 4.98 Å². The third kappa shape index (κ3) is 5.46. The number of amides is 1. The zero-order valence-electron chi connectivity index (χ0n) is 20.4. The van der Waals surface area contributed by atoms with Gasteiger partial charge in [-0.15, -0.1) is 0 Å². The fraction of sp³-hybridized carbons (Fsp3) is 0.214. The SMILES string of the molecule is COc1cc2nccc(Oc3ccc(NC(=O)Oc4ccccc4C(C)(C)C)cc3)c2cc1OC. The number of aromatic nitrogens is 1. The number of nitrogens with one attached hydrogen (secondary N) is 1. The molecule has 0 spiro atoms. The van der Waals surface area contributed by atoms with E-state index in [1.54, 1.807) is 62.9 Å². The Morgan fingerprint density at radius 2 is 1.51 bits per heavy atom. The largest absolute Gasteiger partial charge is 0.493 e. The average Bonchev–Trinajstić information content (AvgIpc) is 2.84. The number of ether oxygens (including phenoxy) is 4. The first-order valence-electron chi connectivity index (χ1n) is 11.2. The molecule has 3 aromatic carbocycles. The highest BCUT2D eigenvalue weighted by molar-refractivity contribution is 5.89. The lowest BCUT2D eigenvalue weighted by molar-refractivity contribution is 0.214. The van der Waals surface area contributed by atoms with E-state index in [-0.39, 0.29) is 5.41 Å². The van der Waals surface area contributed by atoms with E-state index >= 15 is 0 Å². The number of carbonyl (C=O) groups excluding carboxylic acids is 1. The van der Waals surface area contributed by atoms with Gasteiger partial charge in [0.1, 0.15) is 17.2 Å². The molecule has 0 aliphatic rings. The second kappa shape index (κ2) is 9.93. The Hall–Kier alpha value is -4.26. The smallest absolute Gasteiger partial charge is 0.417 e. The minimum atomic E-state index is -0.559. The van der Waals surface area contributed by atoms with Crippen molar-refractivity contribution in [3.63, 3.8) is 0 Å². The van der Waals surface area contributed by atoms with Gasteiger partial charge in [0.05, 0.1) is 19.7 Å². The monoisotopic (exact) mass is 472 g/mol. The number of rotatable bonds is 6. The second-order valence-corrected chi connectivity index (χ2v) is 8.92. The highest BCUT2D eigenvalue weighted by Crippen LogP contribution is 2.37. The van der Waals surface area contributed by atoms with Crippen LogP contribution in [-0.4, -0.2) is 25.3 Å². The van der Waals surface area contributed by atoms with Gasteiger partial charge in [-0.25, -0.2) is 4.79 Å². The van der Waals surface area contributed by atoms with Crippen LogP contribution >= 0.6 is 0 Å². The molecule has 1 N–H and O–H groups in total. The maximum Gasteiger partial charge on any atom is 0.417 e. The number of methoxy groups -OCH3 is 2. The van der Waals surface area contributed by atoms with E-state index in [4.69, 9.17) is 18.9 Å². The van der Waals surface area contributed by atoms with E-state index in [1.165, 1.54) is 0 Å². The number of para-hydroxylation sites is 1. The molecule has 1 amide bonds. The highest BCUT2D eigenvalue weighted by Gasteiger charge is 2.20. The van der Waals surface area contributed by atoms with Crippen LogP contribution in [0.15, 0.2) is 72.9 Å². The van der Waals surface area contributed by atoms with Crippen molar-refractivity contribution in [1.29, 1.82) is 0 Å². The molecule has 7 heteroatoms. The van der Waals surface area contributed by atoms with Crippen LogP contribution in [0.5, 0.6) is 28.7 Å². The second-order valence-electron chi connectivity index (χ2n) is 8.92. The summed E-state index contributed by atoms with van der Waals surface area (Å²) >= 11 is 0. The van der Waals surface area contributed by atoms with Crippen LogP contribution in [0.3, 0.4) is 0 Å². The van der Waals surface area contributed by atoms with E-state index in [2.05, 4.69) is 31.1 Å². The molecule has 0 atom stereocenters. The summed E-state index contributed by atoms with van der Waals surface area (Å²) in [5.41, 5.74) is 2.11. The number of benzene rings is 3. The molecule has 180 valence electrons. The number of hydrogen-bond acceptors (Lipinski definition) is 6. The van der Waals surface area contributed by atoms with Crippen molar-refractivity contribution in [2.45, 2.75) is 26.2 Å². The molecule has 0 aliphatic carbocycles. The van der Waals surface area contributed by atoms with Gasteiger partial charge >= 0.3 is 6.09 Å². The maximum atomic E-state index is 12.5. The molecule has 4 rings (SSSR count). The van der Waals surface area contributed by atoms with Gasteiger partial charge in [-0.3, -0.25) is 10.3 Å². The van der Waals surface area contributed by atoms with Crippen molar-refractivity contribution in [3.8, 4) is 28.7 Å². The number of fused-ring (bicyclic) bond motifs is 1. The van der Waals surface area contributed by atoms with Gasteiger partial charge in [0, 0.05) is 28.9 Å². The lowest BCUT2D eigenvalue weighted by Gasteiger charge is -2.22. The lowest BCUT2D eigenvalue weighted by Crippen LogP contribution is -2.20. The maximum absolute atomic E-state index is 12.5. The van der Waals surface area contributed by atoms with Crippen LogP contribution < -0.4 is 24.3 Å². The normalized spacial score (nSPS) is 11.1. The molecule has 0 fully saturated rings. The van der Waals surface area contributed by atoms with Gasteiger partial charge in [-0.2, -0.15) is 0 Å². The first kappa shape index (κ1) is 23.9. The summed E-state index contributed by atoms with van der Waals surface area (Å²) in [7, 11) is 3.16. The van der Waals surface area contributed by atoms with E-state index in [1.807, 2.05) is 24.3 Å². The molecule has 35 heavy (non-hydrogen) atoms.